The molecule has 0 aromatic carbocycles. The fourth-order valence-electron chi connectivity index (χ4n) is 1.97. The Balaban J connectivity index is 2.14. The van der Waals surface area contributed by atoms with Gasteiger partial charge in [-0.3, -0.25) is 4.68 Å². The molecular formula is C14H18N6. The van der Waals surface area contributed by atoms with Gasteiger partial charge in [-0.15, -0.1) is 5.10 Å². The Labute approximate surface area is 118 Å². The van der Waals surface area contributed by atoms with Gasteiger partial charge >= 0.3 is 0 Å². The highest BCUT2D eigenvalue weighted by Crippen LogP contribution is 2.18. The van der Waals surface area contributed by atoms with Crippen LogP contribution in [0.3, 0.4) is 0 Å². The topological polar surface area (TPSA) is 79.4 Å². The molecule has 20 heavy (non-hydrogen) atoms. The van der Waals surface area contributed by atoms with Gasteiger partial charge < -0.3 is 5.32 Å². The maximum atomic E-state index is 9.25. The van der Waals surface area contributed by atoms with Crippen molar-refractivity contribution < 1.29 is 0 Å². The van der Waals surface area contributed by atoms with Gasteiger partial charge in [-0.25, -0.2) is 0 Å². The Kier molecular flexibility index (Phi) is 3.99. The van der Waals surface area contributed by atoms with Crippen LogP contribution in [0.2, 0.25) is 0 Å². The first-order valence-corrected chi connectivity index (χ1v) is 6.51. The number of rotatable bonds is 4. The summed E-state index contributed by atoms with van der Waals surface area (Å²) in [7, 11) is 0. The molecule has 1 atom stereocenters. The molecule has 0 bridgehead atoms. The number of nitrogens with zero attached hydrogens (tertiary/aromatic N) is 5. The van der Waals surface area contributed by atoms with E-state index in [9.17, 15) is 5.26 Å². The Hall–Kier alpha value is -2.42. The third-order valence-corrected chi connectivity index (χ3v) is 3.17. The maximum absolute atomic E-state index is 9.25. The van der Waals surface area contributed by atoms with Crippen LogP contribution in [0.15, 0.2) is 12.4 Å². The van der Waals surface area contributed by atoms with Gasteiger partial charge in [0.25, 0.3) is 0 Å². The van der Waals surface area contributed by atoms with E-state index >= 15 is 0 Å². The van der Waals surface area contributed by atoms with Crippen molar-refractivity contribution >= 4 is 5.82 Å². The Morgan fingerprint density at radius 1 is 1.35 bits per heavy atom. The molecule has 0 fully saturated rings. The summed E-state index contributed by atoms with van der Waals surface area (Å²) in [5, 5.41) is 24.9. The zero-order valence-corrected chi connectivity index (χ0v) is 12.2. The van der Waals surface area contributed by atoms with Gasteiger partial charge in [-0.2, -0.15) is 15.5 Å². The van der Waals surface area contributed by atoms with E-state index in [0.29, 0.717) is 17.9 Å². The van der Waals surface area contributed by atoms with Gasteiger partial charge in [0.05, 0.1) is 18.4 Å². The summed E-state index contributed by atoms with van der Waals surface area (Å²) in [6.07, 6.45) is 3.80. The molecule has 2 aromatic heterocycles. The summed E-state index contributed by atoms with van der Waals surface area (Å²) in [6.45, 7) is 8.46. The smallest absolute Gasteiger partial charge is 0.167 e. The minimum Gasteiger partial charge on any atom is -0.363 e. The predicted molar refractivity (Wildman–Crippen MR) is 76.3 cm³/mol. The lowest BCUT2D eigenvalue weighted by molar-refractivity contribution is 0.558. The van der Waals surface area contributed by atoms with Gasteiger partial charge in [0.15, 0.2) is 5.82 Å². The molecule has 1 N–H and O–H groups in total. The molecular weight excluding hydrogens is 252 g/mol. The molecule has 0 spiro atoms. The number of nitrogens with one attached hydrogen (secondary N) is 1. The van der Waals surface area contributed by atoms with E-state index < -0.39 is 0 Å². The monoisotopic (exact) mass is 270 g/mol. The normalized spacial score (nSPS) is 11.9. The highest BCUT2D eigenvalue weighted by atomic mass is 15.3. The van der Waals surface area contributed by atoms with Crippen LogP contribution >= 0.6 is 0 Å². The van der Waals surface area contributed by atoms with E-state index in [-0.39, 0.29) is 6.04 Å². The summed E-state index contributed by atoms with van der Waals surface area (Å²) in [5.41, 5.74) is 3.33. The second-order valence-corrected chi connectivity index (χ2v) is 5.03. The molecule has 0 aliphatic rings. The molecule has 6 nitrogen and oxygen atoms in total. The number of anilines is 1. The molecule has 0 amide bonds. The van der Waals surface area contributed by atoms with Crippen molar-refractivity contribution in [2.24, 2.45) is 0 Å². The average Bonchev–Trinajstić information content (AvgIpc) is 2.79. The van der Waals surface area contributed by atoms with Gasteiger partial charge in [0.2, 0.25) is 0 Å². The van der Waals surface area contributed by atoms with Crippen LogP contribution in [0.25, 0.3) is 0 Å². The highest BCUT2D eigenvalue weighted by Gasteiger charge is 2.13. The first-order valence-electron chi connectivity index (χ1n) is 6.51. The van der Waals surface area contributed by atoms with Crippen molar-refractivity contribution in [2.75, 3.05) is 5.32 Å². The largest absolute Gasteiger partial charge is 0.363 e. The van der Waals surface area contributed by atoms with Crippen LogP contribution in [0.5, 0.6) is 0 Å². The molecule has 6 heteroatoms. The van der Waals surface area contributed by atoms with E-state index in [0.717, 1.165) is 16.8 Å². The number of hydrogen-bond acceptors (Lipinski definition) is 5. The standard InChI is InChI=1S/C14H18N6/c1-9-6-16-20(7-9)8-10(2)17-14-13(5-15)11(3)12(4)18-19-14/h6-7,10H,8H2,1-4H3,(H,17,19). The summed E-state index contributed by atoms with van der Waals surface area (Å²) in [5.74, 6) is 0.534. The minimum atomic E-state index is 0.0952. The summed E-state index contributed by atoms with van der Waals surface area (Å²) in [4.78, 5) is 0. The number of aryl methyl sites for hydroxylation is 2. The van der Waals surface area contributed by atoms with Crippen molar-refractivity contribution in [3.05, 3.63) is 34.8 Å². The molecule has 2 aromatic rings. The van der Waals surface area contributed by atoms with Crippen molar-refractivity contribution in [2.45, 2.75) is 40.3 Å². The summed E-state index contributed by atoms with van der Waals surface area (Å²) < 4.78 is 1.87. The lowest BCUT2D eigenvalue weighted by Crippen LogP contribution is -2.24. The van der Waals surface area contributed by atoms with Crippen LogP contribution in [0, 0.1) is 32.1 Å². The molecule has 104 valence electrons. The van der Waals surface area contributed by atoms with E-state index in [1.807, 2.05) is 44.8 Å². The first-order chi connectivity index (χ1) is 9.51. The molecule has 0 radical (unpaired) electrons. The molecule has 2 heterocycles. The Morgan fingerprint density at radius 2 is 2.10 bits per heavy atom. The molecule has 1 unspecified atom stereocenters. The second-order valence-electron chi connectivity index (χ2n) is 5.03. The Morgan fingerprint density at radius 3 is 2.70 bits per heavy atom. The summed E-state index contributed by atoms with van der Waals surface area (Å²) >= 11 is 0. The number of hydrogen-bond donors (Lipinski definition) is 1. The zero-order valence-electron chi connectivity index (χ0n) is 12.2. The molecule has 0 aliphatic carbocycles. The van der Waals surface area contributed by atoms with Gasteiger partial charge in [-0.1, -0.05) is 0 Å². The predicted octanol–water partition coefficient (Wildman–Crippen LogP) is 1.97. The molecule has 0 aliphatic heterocycles. The van der Waals surface area contributed by atoms with Crippen LogP contribution in [0.4, 0.5) is 5.82 Å². The summed E-state index contributed by atoms with van der Waals surface area (Å²) in [6, 6.07) is 2.29. The molecule has 0 saturated carbocycles. The highest BCUT2D eigenvalue weighted by molar-refractivity contribution is 5.56. The lowest BCUT2D eigenvalue weighted by Gasteiger charge is -2.16. The fraction of sp³-hybridized carbons (Fsp3) is 0.429. The molecule has 2 rings (SSSR count). The van der Waals surface area contributed by atoms with Gasteiger partial charge in [0.1, 0.15) is 11.6 Å². The van der Waals surface area contributed by atoms with Crippen LogP contribution in [-0.2, 0) is 6.54 Å². The van der Waals surface area contributed by atoms with E-state index in [1.165, 1.54) is 0 Å². The minimum absolute atomic E-state index is 0.0952. The molecule has 0 saturated heterocycles. The van der Waals surface area contributed by atoms with Crippen LogP contribution in [0.1, 0.15) is 29.3 Å². The maximum Gasteiger partial charge on any atom is 0.167 e. The first kappa shape index (κ1) is 14.0. The van der Waals surface area contributed by atoms with Crippen molar-refractivity contribution in [3.63, 3.8) is 0 Å². The fourth-order valence-corrected chi connectivity index (χ4v) is 1.97. The quantitative estimate of drug-likeness (QED) is 0.918. The van der Waals surface area contributed by atoms with E-state index in [1.54, 1.807) is 0 Å². The average molecular weight is 270 g/mol. The van der Waals surface area contributed by atoms with E-state index in [2.05, 4.69) is 26.7 Å². The van der Waals surface area contributed by atoms with Gasteiger partial charge in [-0.05, 0) is 38.8 Å². The SMILES string of the molecule is Cc1cnn(CC(C)Nc2nnc(C)c(C)c2C#N)c1. The van der Waals surface area contributed by atoms with Crippen LogP contribution in [-0.4, -0.2) is 26.0 Å². The number of aromatic nitrogens is 4. The second kappa shape index (κ2) is 5.70. The third-order valence-electron chi connectivity index (χ3n) is 3.17. The van der Waals surface area contributed by atoms with Crippen molar-refractivity contribution in [1.29, 1.82) is 5.26 Å². The Bertz CT molecular complexity index is 652. The van der Waals surface area contributed by atoms with E-state index in [4.69, 9.17) is 0 Å². The third kappa shape index (κ3) is 2.94. The zero-order chi connectivity index (χ0) is 14.7. The van der Waals surface area contributed by atoms with Crippen molar-refractivity contribution in [3.8, 4) is 6.07 Å². The van der Waals surface area contributed by atoms with Crippen molar-refractivity contribution in [1.82, 2.24) is 20.0 Å². The lowest BCUT2D eigenvalue weighted by atomic mass is 10.1. The number of nitriles is 1. The van der Waals surface area contributed by atoms with Crippen LogP contribution < -0.4 is 5.32 Å². The van der Waals surface area contributed by atoms with Gasteiger partial charge in [0, 0.05) is 12.2 Å².